The molecular formula is C21H25NO5. The molecule has 1 fully saturated rings. The first kappa shape index (κ1) is 19.2. The van der Waals surface area contributed by atoms with Gasteiger partial charge in [-0.3, -0.25) is 4.79 Å². The van der Waals surface area contributed by atoms with Gasteiger partial charge < -0.3 is 24.3 Å². The molecule has 6 nitrogen and oxygen atoms in total. The summed E-state index contributed by atoms with van der Waals surface area (Å²) in [5, 5.41) is 2.87. The van der Waals surface area contributed by atoms with Gasteiger partial charge in [0, 0.05) is 25.0 Å². The van der Waals surface area contributed by atoms with E-state index in [4.69, 9.17) is 18.9 Å². The number of methoxy groups -OCH3 is 1. The van der Waals surface area contributed by atoms with E-state index < -0.39 is 0 Å². The normalized spacial score (nSPS) is 16.1. The number of amides is 1. The molecule has 1 saturated heterocycles. The smallest absolute Gasteiger partial charge is 0.255 e. The summed E-state index contributed by atoms with van der Waals surface area (Å²) in [4.78, 5) is 12.4. The van der Waals surface area contributed by atoms with Crippen molar-refractivity contribution in [2.24, 2.45) is 0 Å². The second-order valence-corrected chi connectivity index (χ2v) is 6.29. The van der Waals surface area contributed by atoms with Gasteiger partial charge in [-0.25, -0.2) is 0 Å². The lowest BCUT2D eigenvalue weighted by Crippen LogP contribution is -2.16. The highest BCUT2D eigenvalue weighted by atomic mass is 16.5. The molecule has 1 aliphatic rings. The van der Waals surface area contributed by atoms with E-state index in [1.54, 1.807) is 31.4 Å². The third-order valence-corrected chi connectivity index (χ3v) is 4.24. The fourth-order valence-electron chi connectivity index (χ4n) is 2.75. The molecule has 1 aliphatic heterocycles. The molecule has 1 amide bonds. The van der Waals surface area contributed by atoms with Gasteiger partial charge in [-0.2, -0.15) is 0 Å². The van der Waals surface area contributed by atoms with Gasteiger partial charge in [-0.05, 0) is 61.4 Å². The van der Waals surface area contributed by atoms with Gasteiger partial charge >= 0.3 is 0 Å². The Labute approximate surface area is 159 Å². The SMILES string of the molecule is COCCOc1ccc(C(=O)Nc2ccc(OC[C@@H]3CCCO3)cc2)cc1. The van der Waals surface area contributed by atoms with Crippen molar-refractivity contribution in [2.75, 3.05) is 38.9 Å². The summed E-state index contributed by atoms with van der Waals surface area (Å²) in [5.41, 5.74) is 1.28. The van der Waals surface area contributed by atoms with E-state index in [1.165, 1.54) is 0 Å². The number of rotatable bonds is 9. The third kappa shape index (κ3) is 5.98. The maximum atomic E-state index is 12.4. The molecule has 0 radical (unpaired) electrons. The molecule has 2 aromatic rings. The van der Waals surface area contributed by atoms with E-state index in [2.05, 4.69) is 5.32 Å². The zero-order chi connectivity index (χ0) is 18.9. The molecular weight excluding hydrogens is 346 g/mol. The molecule has 27 heavy (non-hydrogen) atoms. The summed E-state index contributed by atoms with van der Waals surface area (Å²) < 4.78 is 21.7. The monoisotopic (exact) mass is 371 g/mol. The Kier molecular flexibility index (Phi) is 7.07. The molecule has 0 saturated carbocycles. The van der Waals surface area contributed by atoms with Gasteiger partial charge in [-0.1, -0.05) is 0 Å². The fourth-order valence-corrected chi connectivity index (χ4v) is 2.75. The van der Waals surface area contributed by atoms with Gasteiger partial charge in [-0.15, -0.1) is 0 Å². The largest absolute Gasteiger partial charge is 0.491 e. The number of carbonyl (C=O) groups is 1. The van der Waals surface area contributed by atoms with Crippen LogP contribution in [0.3, 0.4) is 0 Å². The van der Waals surface area contributed by atoms with Crippen LogP contribution in [-0.2, 0) is 9.47 Å². The summed E-state index contributed by atoms with van der Waals surface area (Å²) in [5.74, 6) is 1.30. The van der Waals surface area contributed by atoms with Crippen LogP contribution in [0.25, 0.3) is 0 Å². The topological polar surface area (TPSA) is 66.0 Å². The quantitative estimate of drug-likeness (QED) is 0.683. The molecule has 2 aromatic carbocycles. The Morgan fingerprint density at radius 3 is 2.41 bits per heavy atom. The van der Waals surface area contributed by atoms with E-state index in [-0.39, 0.29) is 12.0 Å². The Morgan fingerprint density at radius 2 is 1.74 bits per heavy atom. The Balaban J connectivity index is 1.48. The summed E-state index contributed by atoms with van der Waals surface area (Å²) in [6.07, 6.45) is 2.33. The van der Waals surface area contributed by atoms with Gasteiger partial charge in [0.15, 0.2) is 0 Å². The second-order valence-electron chi connectivity index (χ2n) is 6.29. The van der Waals surface area contributed by atoms with Gasteiger partial charge in [0.2, 0.25) is 0 Å². The minimum atomic E-state index is -0.175. The average Bonchev–Trinajstić information content (AvgIpc) is 3.22. The summed E-state index contributed by atoms with van der Waals surface area (Å²) in [7, 11) is 1.62. The van der Waals surface area contributed by atoms with E-state index in [1.807, 2.05) is 24.3 Å². The predicted octanol–water partition coefficient (Wildman–Crippen LogP) is 3.52. The first-order valence-corrected chi connectivity index (χ1v) is 9.12. The van der Waals surface area contributed by atoms with E-state index in [9.17, 15) is 4.79 Å². The highest BCUT2D eigenvalue weighted by Crippen LogP contribution is 2.19. The minimum Gasteiger partial charge on any atom is -0.491 e. The maximum Gasteiger partial charge on any atom is 0.255 e. The van der Waals surface area contributed by atoms with Crippen molar-refractivity contribution in [2.45, 2.75) is 18.9 Å². The van der Waals surface area contributed by atoms with Crippen LogP contribution < -0.4 is 14.8 Å². The highest BCUT2D eigenvalue weighted by Gasteiger charge is 2.16. The molecule has 0 bridgehead atoms. The van der Waals surface area contributed by atoms with Crippen LogP contribution >= 0.6 is 0 Å². The van der Waals surface area contributed by atoms with Crippen molar-refractivity contribution >= 4 is 11.6 Å². The van der Waals surface area contributed by atoms with E-state index in [0.29, 0.717) is 36.8 Å². The summed E-state index contributed by atoms with van der Waals surface area (Å²) in [6, 6.07) is 14.3. The van der Waals surface area contributed by atoms with Crippen molar-refractivity contribution in [3.05, 3.63) is 54.1 Å². The maximum absolute atomic E-state index is 12.4. The van der Waals surface area contributed by atoms with E-state index >= 15 is 0 Å². The van der Waals surface area contributed by atoms with Crippen molar-refractivity contribution < 1.29 is 23.7 Å². The van der Waals surface area contributed by atoms with Crippen molar-refractivity contribution in [3.63, 3.8) is 0 Å². The summed E-state index contributed by atoms with van der Waals surface area (Å²) >= 11 is 0. The molecule has 6 heteroatoms. The standard InChI is InChI=1S/C21H25NO5/c1-24-13-14-26-18-8-4-16(5-9-18)21(23)22-17-6-10-19(11-7-17)27-15-20-3-2-12-25-20/h4-11,20H,2-3,12-15H2,1H3,(H,22,23)/t20-/m0/s1. The van der Waals surface area contributed by atoms with Gasteiger partial charge in [0.25, 0.3) is 5.91 Å². The number of nitrogens with one attached hydrogen (secondary N) is 1. The van der Waals surface area contributed by atoms with Gasteiger partial charge in [0.1, 0.15) is 24.7 Å². The first-order valence-electron chi connectivity index (χ1n) is 9.12. The zero-order valence-corrected chi connectivity index (χ0v) is 15.5. The van der Waals surface area contributed by atoms with Crippen LogP contribution in [-0.4, -0.2) is 45.5 Å². The molecule has 3 rings (SSSR count). The number of benzene rings is 2. The van der Waals surface area contributed by atoms with Crippen LogP contribution in [0.15, 0.2) is 48.5 Å². The van der Waals surface area contributed by atoms with Crippen LogP contribution in [0.5, 0.6) is 11.5 Å². The Bertz CT molecular complexity index is 708. The molecule has 1 N–H and O–H groups in total. The van der Waals surface area contributed by atoms with Crippen molar-refractivity contribution in [1.82, 2.24) is 0 Å². The van der Waals surface area contributed by atoms with Gasteiger partial charge in [0.05, 0.1) is 12.7 Å². The van der Waals surface area contributed by atoms with Crippen LogP contribution in [0.1, 0.15) is 23.2 Å². The van der Waals surface area contributed by atoms with Crippen LogP contribution in [0.2, 0.25) is 0 Å². The van der Waals surface area contributed by atoms with Crippen molar-refractivity contribution in [3.8, 4) is 11.5 Å². The molecule has 0 spiro atoms. The third-order valence-electron chi connectivity index (χ3n) is 4.24. The lowest BCUT2D eigenvalue weighted by molar-refractivity contribution is 0.0679. The fraction of sp³-hybridized carbons (Fsp3) is 0.381. The number of carbonyl (C=O) groups excluding carboxylic acids is 1. The zero-order valence-electron chi connectivity index (χ0n) is 15.5. The molecule has 0 aromatic heterocycles. The summed E-state index contributed by atoms with van der Waals surface area (Å²) in [6.45, 7) is 2.38. The molecule has 0 aliphatic carbocycles. The molecule has 144 valence electrons. The number of ether oxygens (including phenoxy) is 4. The number of anilines is 1. The Morgan fingerprint density at radius 1 is 1.04 bits per heavy atom. The number of hydrogen-bond donors (Lipinski definition) is 1. The first-order chi connectivity index (χ1) is 13.2. The molecule has 0 unspecified atom stereocenters. The molecule has 1 atom stereocenters. The lowest BCUT2D eigenvalue weighted by Gasteiger charge is -2.12. The number of hydrogen-bond acceptors (Lipinski definition) is 5. The van der Waals surface area contributed by atoms with Crippen molar-refractivity contribution in [1.29, 1.82) is 0 Å². The molecule has 1 heterocycles. The second kappa shape index (κ2) is 9.94. The van der Waals surface area contributed by atoms with Crippen LogP contribution in [0.4, 0.5) is 5.69 Å². The lowest BCUT2D eigenvalue weighted by atomic mass is 10.2. The Hall–Kier alpha value is -2.57. The highest BCUT2D eigenvalue weighted by molar-refractivity contribution is 6.04. The van der Waals surface area contributed by atoms with E-state index in [0.717, 1.165) is 25.2 Å². The average molecular weight is 371 g/mol. The minimum absolute atomic E-state index is 0.175. The van der Waals surface area contributed by atoms with Crippen LogP contribution in [0, 0.1) is 0 Å². The predicted molar refractivity (Wildman–Crippen MR) is 103 cm³/mol.